The van der Waals surface area contributed by atoms with Crippen molar-refractivity contribution in [3.63, 3.8) is 0 Å². The molecule has 0 aromatic carbocycles. The SMILES string of the molecule is C1CC2CC3C2C2C3C3C2C2C4C5C6C1CC6C5C4C32. The van der Waals surface area contributed by atoms with Crippen LogP contribution in [0.15, 0.2) is 0 Å². The van der Waals surface area contributed by atoms with Crippen molar-refractivity contribution < 1.29 is 0 Å². The number of rotatable bonds is 0. The molecule has 9 saturated carbocycles. The van der Waals surface area contributed by atoms with E-state index in [4.69, 9.17) is 0 Å². The molecule has 0 aliphatic heterocycles. The monoisotopic (exact) mass is 264 g/mol. The first kappa shape index (κ1) is 9.21. The Balaban J connectivity index is 1.22. The first-order chi connectivity index (χ1) is 9.95. The van der Waals surface area contributed by atoms with Crippen LogP contribution in [0.3, 0.4) is 0 Å². The van der Waals surface area contributed by atoms with Crippen molar-refractivity contribution in [3.05, 3.63) is 0 Å². The zero-order valence-corrected chi connectivity index (χ0v) is 12.1. The summed E-state index contributed by atoms with van der Waals surface area (Å²) in [4.78, 5) is 0. The Morgan fingerprint density at radius 2 is 0.700 bits per heavy atom. The summed E-state index contributed by atoms with van der Waals surface area (Å²) >= 11 is 0. The molecule has 14 unspecified atom stereocenters. The minimum Gasteiger partial charge on any atom is -0.0499 e. The predicted octanol–water partition coefficient (Wildman–Crippen LogP) is 3.53. The molecule has 14 atom stereocenters. The molecule has 0 bridgehead atoms. The smallest absolute Gasteiger partial charge is 0.0312 e. The van der Waals surface area contributed by atoms with E-state index in [1.54, 1.807) is 25.7 Å². The Labute approximate surface area is 121 Å². The number of fused-ring (bicyclic) bond motifs is 6. The summed E-state index contributed by atoms with van der Waals surface area (Å²) in [5, 5.41) is 0. The fourth-order valence-electron chi connectivity index (χ4n) is 11.7. The molecule has 20 heavy (non-hydrogen) atoms. The zero-order chi connectivity index (χ0) is 12.1. The van der Waals surface area contributed by atoms with Gasteiger partial charge in [0.2, 0.25) is 0 Å². The maximum atomic E-state index is 1.69. The Morgan fingerprint density at radius 1 is 0.350 bits per heavy atom. The Hall–Kier alpha value is 0. The molecule has 0 saturated heterocycles. The van der Waals surface area contributed by atoms with Gasteiger partial charge in [0, 0.05) is 0 Å². The highest BCUT2D eigenvalue weighted by Gasteiger charge is 2.90. The molecule has 0 heterocycles. The fraction of sp³-hybridized carbons (Fsp3) is 1.00. The van der Waals surface area contributed by atoms with Gasteiger partial charge in [-0.2, -0.15) is 0 Å². The standard InChI is InChI=1S/C20H24/c1-2-6-4-8-10(6)14-12(8)16-18(14)20-17-13-9-5(1)3-7(9)11(13)15(17)19(16)20/h5-20H,1-4H2. The Bertz CT molecular complexity index is 531. The quantitative estimate of drug-likeness (QED) is 0.628. The molecule has 9 aliphatic rings. The van der Waals surface area contributed by atoms with Gasteiger partial charge in [-0.05, 0) is 120 Å². The second-order valence-corrected chi connectivity index (χ2v) is 10.8. The predicted molar refractivity (Wildman–Crippen MR) is 74.3 cm³/mol. The van der Waals surface area contributed by atoms with Crippen LogP contribution in [0.5, 0.6) is 0 Å². The third-order valence-electron chi connectivity index (χ3n) is 11.8. The number of hydrogen-bond donors (Lipinski definition) is 0. The van der Waals surface area contributed by atoms with Crippen molar-refractivity contribution in [3.8, 4) is 0 Å². The van der Waals surface area contributed by atoms with Crippen LogP contribution in [-0.2, 0) is 0 Å². The van der Waals surface area contributed by atoms with Gasteiger partial charge in [0.25, 0.3) is 0 Å². The van der Waals surface area contributed by atoms with E-state index in [0.29, 0.717) is 0 Å². The zero-order valence-electron chi connectivity index (χ0n) is 12.1. The highest BCUT2D eigenvalue weighted by atomic mass is 14.9. The largest absolute Gasteiger partial charge is 0.0499 e. The Morgan fingerprint density at radius 3 is 1.15 bits per heavy atom. The van der Waals surface area contributed by atoms with Crippen LogP contribution in [0.1, 0.15) is 25.7 Å². The van der Waals surface area contributed by atoms with Crippen molar-refractivity contribution in [2.24, 2.45) is 94.7 Å². The summed E-state index contributed by atoms with van der Waals surface area (Å²) in [6.45, 7) is 0. The van der Waals surface area contributed by atoms with Crippen LogP contribution in [0.25, 0.3) is 0 Å². The first-order valence-corrected chi connectivity index (χ1v) is 9.95. The maximum Gasteiger partial charge on any atom is -0.0312 e. The molecule has 0 aromatic heterocycles. The molecular weight excluding hydrogens is 240 g/mol. The molecule has 0 N–H and O–H groups in total. The van der Waals surface area contributed by atoms with E-state index in [0.717, 1.165) is 0 Å². The molecule has 0 radical (unpaired) electrons. The third kappa shape index (κ3) is 0.553. The minimum absolute atomic E-state index is 1.22. The van der Waals surface area contributed by atoms with Crippen LogP contribution >= 0.6 is 0 Å². The summed E-state index contributed by atoms with van der Waals surface area (Å²) in [6.07, 6.45) is 6.70. The highest BCUT2D eigenvalue weighted by Crippen LogP contribution is 2.93. The van der Waals surface area contributed by atoms with Crippen LogP contribution in [0.2, 0.25) is 0 Å². The average molecular weight is 264 g/mol. The molecule has 0 heteroatoms. The van der Waals surface area contributed by atoms with Gasteiger partial charge in [0.1, 0.15) is 0 Å². The molecule has 0 nitrogen and oxygen atoms in total. The lowest BCUT2D eigenvalue weighted by Gasteiger charge is -2.94. The van der Waals surface area contributed by atoms with Gasteiger partial charge in [0.15, 0.2) is 0 Å². The van der Waals surface area contributed by atoms with E-state index in [-0.39, 0.29) is 0 Å². The molecule has 9 aliphatic carbocycles. The molecule has 9 fully saturated rings. The van der Waals surface area contributed by atoms with E-state index < -0.39 is 0 Å². The molecule has 0 aromatic rings. The lowest BCUT2D eigenvalue weighted by molar-refractivity contribution is -0.471. The fourth-order valence-corrected chi connectivity index (χ4v) is 11.7. The van der Waals surface area contributed by atoms with Crippen molar-refractivity contribution in [1.29, 1.82) is 0 Å². The summed E-state index contributed by atoms with van der Waals surface area (Å²) < 4.78 is 0. The van der Waals surface area contributed by atoms with Gasteiger partial charge in [-0.25, -0.2) is 0 Å². The first-order valence-electron chi connectivity index (χ1n) is 9.95. The molecule has 0 spiro atoms. The number of hydrogen-bond acceptors (Lipinski definition) is 0. The maximum absolute atomic E-state index is 1.69. The van der Waals surface area contributed by atoms with Gasteiger partial charge in [-0.1, -0.05) is 0 Å². The Kier molecular flexibility index (Phi) is 1.05. The molecule has 0 amide bonds. The van der Waals surface area contributed by atoms with Gasteiger partial charge in [0.05, 0.1) is 0 Å². The molecule has 104 valence electrons. The van der Waals surface area contributed by atoms with E-state index in [1.165, 1.54) is 94.7 Å². The molecular formula is C20H24. The third-order valence-corrected chi connectivity index (χ3v) is 11.8. The van der Waals surface area contributed by atoms with Crippen molar-refractivity contribution in [2.45, 2.75) is 25.7 Å². The second kappa shape index (κ2) is 2.28. The normalized spacial score (nSPS) is 91.2. The van der Waals surface area contributed by atoms with Gasteiger partial charge < -0.3 is 0 Å². The van der Waals surface area contributed by atoms with E-state index in [1.807, 2.05) is 0 Å². The van der Waals surface area contributed by atoms with Crippen molar-refractivity contribution >= 4 is 0 Å². The summed E-state index contributed by atoms with van der Waals surface area (Å²) in [7, 11) is 0. The lowest BCUT2D eigenvalue weighted by atomic mass is 9.11. The second-order valence-electron chi connectivity index (χ2n) is 10.8. The van der Waals surface area contributed by atoms with Crippen LogP contribution in [-0.4, -0.2) is 0 Å². The average Bonchev–Trinajstić information content (AvgIpc) is 2.40. The van der Waals surface area contributed by atoms with E-state index >= 15 is 0 Å². The van der Waals surface area contributed by atoms with E-state index in [9.17, 15) is 0 Å². The summed E-state index contributed by atoms with van der Waals surface area (Å²) in [5.74, 6) is 20.6. The van der Waals surface area contributed by atoms with Crippen molar-refractivity contribution in [2.75, 3.05) is 0 Å². The van der Waals surface area contributed by atoms with Crippen LogP contribution in [0, 0.1) is 94.7 Å². The van der Waals surface area contributed by atoms with Crippen LogP contribution in [0.4, 0.5) is 0 Å². The van der Waals surface area contributed by atoms with Gasteiger partial charge in [-0.15, -0.1) is 0 Å². The highest BCUT2D eigenvalue weighted by molar-refractivity contribution is 5.36. The summed E-state index contributed by atoms with van der Waals surface area (Å²) in [5.41, 5.74) is 0. The van der Waals surface area contributed by atoms with Crippen molar-refractivity contribution in [1.82, 2.24) is 0 Å². The van der Waals surface area contributed by atoms with Gasteiger partial charge >= 0.3 is 0 Å². The minimum atomic E-state index is 1.22. The van der Waals surface area contributed by atoms with E-state index in [2.05, 4.69) is 0 Å². The van der Waals surface area contributed by atoms with Crippen LogP contribution < -0.4 is 0 Å². The molecule has 9 rings (SSSR count). The summed E-state index contributed by atoms with van der Waals surface area (Å²) in [6, 6.07) is 0. The lowest BCUT2D eigenvalue weighted by Crippen LogP contribution is -2.90. The van der Waals surface area contributed by atoms with Gasteiger partial charge in [-0.3, -0.25) is 0 Å². The topological polar surface area (TPSA) is 0 Å².